The Morgan fingerprint density at radius 2 is 1.85 bits per heavy atom. The molecular weight excluding hydrogens is 530 g/mol. The number of benzene rings is 2. The van der Waals surface area contributed by atoms with E-state index in [-0.39, 0.29) is 22.2 Å². The number of imidazole rings is 1. The van der Waals surface area contributed by atoms with Crippen LogP contribution in [0.3, 0.4) is 0 Å². The van der Waals surface area contributed by atoms with Crippen molar-refractivity contribution in [3.8, 4) is 17.1 Å². The highest BCUT2D eigenvalue weighted by Crippen LogP contribution is 2.33. The molecule has 0 bridgehead atoms. The highest BCUT2D eigenvalue weighted by Gasteiger charge is 2.26. The standard InChI is InChI=1S/C29H35N5O5S/c1-3-39-25-16-15-22(40(37,38)33-24(18-35)20-11-9-6-10-12-20)17-23(25)27-31-29(36)26-19(2)30-28(34(26)32-27)21-13-7-4-5-8-14-21/h6,9-12,15-17,21,24,33,35H,3-5,7-8,13-14,18H2,1-2H3,(H,31,32,36). The summed E-state index contributed by atoms with van der Waals surface area (Å²) in [5.74, 6) is 1.53. The summed E-state index contributed by atoms with van der Waals surface area (Å²) in [6.07, 6.45) is 6.56. The second kappa shape index (κ2) is 11.9. The molecule has 1 atom stereocenters. The second-order valence-electron chi connectivity index (χ2n) is 10.2. The van der Waals surface area contributed by atoms with E-state index in [4.69, 9.17) is 14.8 Å². The number of aromatic amines is 1. The van der Waals surface area contributed by atoms with Crippen LogP contribution in [0.25, 0.3) is 16.9 Å². The Hall–Kier alpha value is -3.54. The maximum absolute atomic E-state index is 13.4. The van der Waals surface area contributed by atoms with E-state index in [1.807, 2.05) is 13.0 Å². The Bertz CT molecular complexity index is 1640. The number of aryl methyl sites for hydroxylation is 1. The average molecular weight is 566 g/mol. The molecule has 0 aliphatic heterocycles. The van der Waals surface area contributed by atoms with Gasteiger partial charge in [0.05, 0.1) is 35.4 Å². The van der Waals surface area contributed by atoms with Crippen LogP contribution in [0.4, 0.5) is 0 Å². The van der Waals surface area contributed by atoms with Crippen LogP contribution in [-0.2, 0) is 10.0 Å². The van der Waals surface area contributed by atoms with Crippen molar-refractivity contribution < 1.29 is 18.3 Å². The summed E-state index contributed by atoms with van der Waals surface area (Å²) in [4.78, 5) is 20.8. The predicted molar refractivity (Wildman–Crippen MR) is 152 cm³/mol. The summed E-state index contributed by atoms with van der Waals surface area (Å²) in [7, 11) is -4.06. The van der Waals surface area contributed by atoms with Gasteiger partial charge in [-0.2, -0.15) is 0 Å². The lowest BCUT2D eigenvalue weighted by Gasteiger charge is -2.18. The minimum atomic E-state index is -4.06. The van der Waals surface area contributed by atoms with Gasteiger partial charge in [-0.15, -0.1) is 5.10 Å². The van der Waals surface area contributed by atoms with Crippen LogP contribution in [0.2, 0.25) is 0 Å². The first-order valence-electron chi connectivity index (χ1n) is 13.8. The second-order valence-corrected chi connectivity index (χ2v) is 11.9. The summed E-state index contributed by atoms with van der Waals surface area (Å²) >= 11 is 0. The minimum absolute atomic E-state index is 0.0473. The fourth-order valence-corrected chi connectivity index (χ4v) is 6.65. The molecule has 1 unspecified atom stereocenters. The molecule has 10 nitrogen and oxygen atoms in total. The summed E-state index contributed by atoms with van der Waals surface area (Å²) in [5.41, 5.74) is 1.62. The van der Waals surface area contributed by atoms with Gasteiger partial charge in [0.1, 0.15) is 11.6 Å². The largest absolute Gasteiger partial charge is 0.493 e. The number of fused-ring (bicyclic) bond motifs is 1. The quantitative estimate of drug-likeness (QED) is 0.258. The number of nitrogens with zero attached hydrogens (tertiary/aromatic N) is 3. The lowest BCUT2D eigenvalue weighted by atomic mass is 10.00. The minimum Gasteiger partial charge on any atom is -0.493 e. The molecule has 0 spiro atoms. The first-order chi connectivity index (χ1) is 19.3. The van der Waals surface area contributed by atoms with E-state index in [0.29, 0.717) is 34.7 Å². The maximum atomic E-state index is 13.4. The zero-order valence-corrected chi connectivity index (χ0v) is 23.6. The predicted octanol–water partition coefficient (Wildman–Crippen LogP) is 4.24. The van der Waals surface area contributed by atoms with Gasteiger partial charge >= 0.3 is 0 Å². The van der Waals surface area contributed by atoms with E-state index in [1.165, 1.54) is 25.0 Å². The van der Waals surface area contributed by atoms with Crippen LogP contribution in [-0.4, -0.2) is 46.3 Å². The van der Waals surface area contributed by atoms with Gasteiger partial charge in [-0.05, 0) is 50.5 Å². The lowest BCUT2D eigenvalue weighted by Crippen LogP contribution is -2.31. The van der Waals surface area contributed by atoms with Gasteiger partial charge < -0.3 is 14.8 Å². The normalized spacial score (nSPS) is 15.7. The zero-order valence-electron chi connectivity index (χ0n) is 22.8. The lowest BCUT2D eigenvalue weighted by molar-refractivity contribution is 0.259. The maximum Gasteiger partial charge on any atom is 0.277 e. The van der Waals surface area contributed by atoms with Crippen molar-refractivity contribution in [3.05, 3.63) is 76.0 Å². The highest BCUT2D eigenvalue weighted by molar-refractivity contribution is 7.89. The van der Waals surface area contributed by atoms with Crippen LogP contribution in [0.15, 0.2) is 58.2 Å². The average Bonchev–Trinajstić information content (AvgIpc) is 3.11. The number of sulfonamides is 1. The number of aromatic nitrogens is 4. The van der Waals surface area contributed by atoms with E-state index < -0.39 is 22.7 Å². The molecule has 0 saturated heterocycles. The molecule has 2 aromatic carbocycles. The molecule has 0 radical (unpaired) electrons. The zero-order chi connectivity index (χ0) is 28.3. The molecule has 0 amide bonds. The Morgan fingerprint density at radius 3 is 2.52 bits per heavy atom. The molecule has 2 heterocycles. The number of aliphatic hydroxyl groups is 1. The van der Waals surface area contributed by atoms with Gasteiger partial charge in [0.2, 0.25) is 10.0 Å². The first kappa shape index (κ1) is 28.0. The van der Waals surface area contributed by atoms with Crippen LogP contribution in [0, 0.1) is 6.92 Å². The number of ether oxygens (including phenoxy) is 1. The fourth-order valence-electron chi connectivity index (χ4n) is 5.41. The molecule has 40 heavy (non-hydrogen) atoms. The third-order valence-electron chi connectivity index (χ3n) is 7.42. The molecule has 1 aliphatic rings. The van der Waals surface area contributed by atoms with Crippen molar-refractivity contribution in [1.82, 2.24) is 24.3 Å². The van der Waals surface area contributed by atoms with Gasteiger partial charge in [-0.3, -0.25) is 4.79 Å². The summed E-state index contributed by atoms with van der Waals surface area (Å²) < 4.78 is 36.9. The van der Waals surface area contributed by atoms with Crippen LogP contribution < -0.4 is 15.0 Å². The van der Waals surface area contributed by atoms with Crippen LogP contribution in [0.1, 0.15) is 74.5 Å². The monoisotopic (exact) mass is 565 g/mol. The SMILES string of the molecule is CCOc1ccc(S(=O)(=O)NC(CO)c2ccccc2)cc1-c1nn2c(C3CCCCCC3)nc(C)c2c(=O)[nH]1. The van der Waals surface area contributed by atoms with Crippen LogP contribution >= 0.6 is 0 Å². The van der Waals surface area contributed by atoms with Gasteiger partial charge in [0, 0.05) is 5.92 Å². The molecule has 1 fully saturated rings. The Morgan fingerprint density at radius 1 is 1.12 bits per heavy atom. The number of hydrogen-bond acceptors (Lipinski definition) is 7. The van der Waals surface area contributed by atoms with Crippen molar-refractivity contribution in [3.63, 3.8) is 0 Å². The summed E-state index contributed by atoms with van der Waals surface area (Å²) in [6.45, 7) is 3.55. The Kier molecular flexibility index (Phi) is 8.34. The third-order valence-corrected chi connectivity index (χ3v) is 8.89. The molecule has 1 saturated carbocycles. The Balaban J connectivity index is 1.59. The number of nitrogens with one attached hydrogen (secondary N) is 2. The van der Waals surface area contributed by atoms with E-state index >= 15 is 0 Å². The topological polar surface area (TPSA) is 139 Å². The highest BCUT2D eigenvalue weighted by atomic mass is 32.2. The van der Waals surface area contributed by atoms with Crippen molar-refractivity contribution in [2.75, 3.05) is 13.2 Å². The number of rotatable bonds is 9. The molecule has 5 rings (SSSR count). The summed E-state index contributed by atoms with van der Waals surface area (Å²) in [5, 5.41) is 14.7. The summed E-state index contributed by atoms with van der Waals surface area (Å²) in [6, 6.07) is 12.5. The van der Waals surface area contributed by atoms with Crippen molar-refractivity contribution in [2.24, 2.45) is 0 Å². The number of hydrogen-bond donors (Lipinski definition) is 3. The van der Waals surface area contributed by atoms with Gasteiger partial charge in [-0.1, -0.05) is 56.0 Å². The molecular formula is C29H35N5O5S. The van der Waals surface area contributed by atoms with E-state index in [1.54, 1.807) is 41.8 Å². The van der Waals surface area contributed by atoms with E-state index in [9.17, 15) is 18.3 Å². The molecule has 3 N–H and O–H groups in total. The first-order valence-corrected chi connectivity index (χ1v) is 15.3. The van der Waals surface area contributed by atoms with E-state index in [2.05, 4.69) is 9.71 Å². The van der Waals surface area contributed by atoms with Crippen molar-refractivity contribution >= 4 is 15.5 Å². The van der Waals surface area contributed by atoms with Gasteiger partial charge in [-0.25, -0.2) is 22.6 Å². The third kappa shape index (κ3) is 5.67. The van der Waals surface area contributed by atoms with Crippen molar-refractivity contribution in [1.29, 1.82) is 0 Å². The molecule has 4 aromatic rings. The molecule has 212 valence electrons. The van der Waals surface area contributed by atoms with Gasteiger partial charge in [0.25, 0.3) is 5.56 Å². The molecule has 2 aromatic heterocycles. The fraction of sp³-hybridized carbons (Fsp3) is 0.414. The number of aliphatic hydroxyl groups excluding tert-OH is 1. The molecule has 11 heteroatoms. The van der Waals surface area contributed by atoms with Crippen LogP contribution in [0.5, 0.6) is 5.75 Å². The molecule has 1 aliphatic carbocycles. The Labute approximate surface area is 233 Å². The van der Waals surface area contributed by atoms with Gasteiger partial charge in [0.15, 0.2) is 11.3 Å². The smallest absolute Gasteiger partial charge is 0.277 e. The van der Waals surface area contributed by atoms with Crippen molar-refractivity contribution in [2.45, 2.75) is 69.2 Å². The van der Waals surface area contributed by atoms with E-state index in [0.717, 1.165) is 31.5 Å². The number of H-pyrrole nitrogens is 1.